The Morgan fingerprint density at radius 3 is 2.07 bits per heavy atom. The van der Waals surface area contributed by atoms with Gasteiger partial charge in [-0.2, -0.15) is 0 Å². The number of piperazine rings is 1. The molecule has 3 aromatic carbocycles. The fourth-order valence-electron chi connectivity index (χ4n) is 4.98. The maximum absolute atomic E-state index is 14.3. The highest BCUT2D eigenvalue weighted by Gasteiger charge is 2.29. The van der Waals surface area contributed by atoms with Crippen molar-refractivity contribution in [2.45, 2.75) is 26.3 Å². The van der Waals surface area contributed by atoms with E-state index in [1.54, 1.807) is 17.0 Å². The van der Waals surface area contributed by atoms with Crippen molar-refractivity contribution in [1.82, 2.24) is 20.0 Å². The van der Waals surface area contributed by atoms with Crippen molar-refractivity contribution >= 4 is 17.6 Å². The monoisotopic (exact) mass is 551 g/mol. The van der Waals surface area contributed by atoms with Gasteiger partial charge in [-0.3, -0.25) is 9.59 Å². The molecule has 2 heterocycles. The van der Waals surface area contributed by atoms with Crippen LogP contribution in [0, 0.1) is 5.82 Å². The lowest BCUT2D eigenvalue weighted by Crippen LogP contribution is -2.53. The first kappa shape index (κ1) is 28.0. The summed E-state index contributed by atoms with van der Waals surface area (Å²) >= 11 is 0. The van der Waals surface area contributed by atoms with Gasteiger partial charge >= 0.3 is 0 Å². The van der Waals surface area contributed by atoms with Gasteiger partial charge in [0.05, 0.1) is 11.3 Å². The number of benzene rings is 3. The van der Waals surface area contributed by atoms with Crippen molar-refractivity contribution in [3.8, 4) is 22.4 Å². The van der Waals surface area contributed by atoms with Crippen molar-refractivity contribution in [2.75, 3.05) is 37.6 Å². The molecular weight excluding hydrogens is 517 g/mol. The van der Waals surface area contributed by atoms with Crippen molar-refractivity contribution < 1.29 is 14.0 Å². The highest BCUT2D eigenvalue weighted by Crippen LogP contribution is 2.24. The minimum Gasteiger partial charge on any atom is -0.352 e. The summed E-state index contributed by atoms with van der Waals surface area (Å²) in [7, 11) is 0. The molecule has 0 spiro atoms. The summed E-state index contributed by atoms with van der Waals surface area (Å²) in [5.41, 5.74) is 4.10. The Morgan fingerprint density at radius 1 is 0.805 bits per heavy atom. The zero-order chi connectivity index (χ0) is 28.8. The molecule has 0 N–H and O–H groups in total. The van der Waals surface area contributed by atoms with Crippen molar-refractivity contribution in [3.05, 3.63) is 102 Å². The molecule has 1 aliphatic heterocycles. The van der Waals surface area contributed by atoms with Gasteiger partial charge in [0.25, 0.3) is 5.91 Å². The molecule has 0 radical (unpaired) electrons. The third-order valence-corrected chi connectivity index (χ3v) is 7.69. The number of amides is 2. The Hall–Kier alpha value is -4.59. The summed E-state index contributed by atoms with van der Waals surface area (Å²) in [6.45, 7) is 5.97. The standard InChI is InChI=1S/C33H34FN5O2/c1-3-24(2)39(33(41)28-11-7-8-12-29(28)34)23-32(40)38-21-19-37(20-22-38)31-18-17-30(35-36-31)27-15-13-26(14-16-27)25-9-5-4-6-10-25/h4-18,24H,3,19-23H2,1-2H3/t24-/m1/s1. The van der Waals surface area contributed by atoms with E-state index in [0.29, 0.717) is 32.6 Å². The Kier molecular flexibility index (Phi) is 8.67. The average Bonchev–Trinajstić information content (AvgIpc) is 3.04. The number of nitrogens with zero attached hydrogens (tertiary/aromatic N) is 5. The SMILES string of the molecule is CC[C@@H](C)N(CC(=O)N1CCN(c2ccc(-c3ccc(-c4ccccc4)cc3)nn2)CC1)C(=O)c1ccccc1F. The van der Waals surface area contributed by atoms with Crippen LogP contribution in [0.3, 0.4) is 0 Å². The van der Waals surface area contributed by atoms with Gasteiger partial charge in [0.15, 0.2) is 5.82 Å². The smallest absolute Gasteiger partial charge is 0.257 e. The quantitative estimate of drug-likeness (QED) is 0.288. The van der Waals surface area contributed by atoms with Gasteiger partial charge in [-0.05, 0) is 48.7 Å². The van der Waals surface area contributed by atoms with E-state index in [1.165, 1.54) is 22.6 Å². The Labute approximate surface area is 240 Å². The molecular formula is C33H34FN5O2. The third kappa shape index (κ3) is 6.43. The van der Waals surface area contributed by atoms with Crippen LogP contribution < -0.4 is 4.90 Å². The van der Waals surface area contributed by atoms with Gasteiger partial charge in [0.1, 0.15) is 12.4 Å². The fourth-order valence-corrected chi connectivity index (χ4v) is 4.98. The first-order valence-corrected chi connectivity index (χ1v) is 14.0. The predicted octanol–water partition coefficient (Wildman–Crippen LogP) is 5.54. The number of hydrogen-bond donors (Lipinski definition) is 0. The normalized spacial score (nSPS) is 14.0. The number of hydrogen-bond acceptors (Lipinski definition) is 5. The van der Waals surface area contributed by atoms with Crippen molar-refractivity contribution in [3.63, 3.8) is 0 Å². The number of rotatable bonds is 8. The van der Waals surface area contributed by atoms with Crippen LogP contribution in [-0.4, -0.2) is 70.6 Å². The maximum Gasteiger partial charge on any atom is 0.257 e. The van der Waals surface area contributed by atoms with Crippen LogP contribution in [0.2, 0.25) is 0 Å². The molecule has 7 nitrogen and oxygen atoms in total. The van der Waals surface area contributed by atoms with Crippen LogP contribution in [-0.2, 0) is 4.79 Å². The summed E-state index contributed by atoms with van der Waals surface area (Å²) in [6, 6.07) is 28.1. The largest absolute Gasteiger partial charge is 0.352 e. The molecule has 0 aliphatic carbocycles. The number of aromatic nitrogens is 2. The molecule has 1 aromatic heterocycles. The van der Waals surface area contributed by atoms with E-state index < -0.39 is 11.7 Å². The van der Waals surface area contributed by atoms with Gasteiger partial charge < -0.3 is 14.7 Å². The molecule has 210 valence electrons. The van der Waals surface area contributed by atoms with Crippen LogP contribution in [0.4, 0.5) is 10.2 Å². The summed E-state index contributed by atoms with van der Waals surface area (Å²) in [5, 5.41) is 8.92. The van der Waals surface area contributed by atoms with Gasteiger partial charge in [-0.1, -0.05) is 73.7 Å². The van der Waals surface area contributed by atoms with Crippen LogP contribution in [0.25, 0.3) is 22.4 Å². The van der Waals surface area contributed by atoms with Crippen LogP contribution >= 0.6 is 0 Å². The van der Waals surface area contributed by atoms with Gasteiger partial charge in [0.2, 0.25) is 5.91 Å². The number of halogens is 1. The van der Waals surface area contributed by atoms with Crippen molar-refractivity contribution in [1.29, 1.82) is 0 Å². The van der Waals surface area contributed by atoms with Gasteiger partial charge in [-0.15, -0.1) is 10.2 Å². The summed E-state index contributed by atoms with van der Waals surface area (Å²) in [6.07, 6.45) is 0.660. The second-order valence-electron chi connectivity index (χ2n) is 10.3. The molecule has 4 aromatic rings. The lowest BCUT2D eigenvalue weighted by atomic mass is 10.0. The van der Waals surface area contributed by atoms with Crippen LogP contribution in [0.15, 0.2) is 91.0 Å². The summed E-state index contributed by atoms with van der Waals surface area (Å²) < 4.78 is 14.3. The molecule has 5 rings (SSSR count). The highest BCUT2D eigenvalue weighted by atomic mass is 19.1. The summed E-state index contributed by atoms with van der Waals surface area (Å²) in [5.74, 6) is -0.426. The Morgan fingerprint density at radius 2 is 1.44 bits per heavy atom. The molecule has 1 saturated heterocycles. The average molecular weight is 552 g/mol. The second-order valence-corrected chi connectivity index (χ2v) is 10.3. The molecule has 0 unspecified atom stereocenters. The van der Waals surface area contributed by atoms with E-state index in [9.17, 15) is 14.0 Å². The number of anilines is 1. The molecule has 41 heavy (non-hydrogen) atoms. The highest BCUT2D eigenvalue weighted by molar-refractivity contribution is 5.97. The third-order valence-electron chi connectivity index (χ3n) is 7.69. The second kappa shape index (κ2) is 12.7. The topological polar surface area (TPSA) is 69.6 Å². The first-order chi connectivity index (χ1) is 19.9. The molecule has 0 bridgehead atoms. The molecule has 1 fully saturated rings. The summed E-state index contributed by atoms with van der Waals surface area (Å²) in [4.78, 5) is 31.7. The van der Waals surface area contributed by atoms with E-state index in [-0.39, 0.29) is 24.1 Å². The minimum absolute atomic E-state index is 0.0143. The zero-order valence-electron chi connectivity index (χ0n) is 23.4. The zero-order valence-corrected chi connectivity index (χ0v) is 23.4. The van der Waals surface area contributed by atoms with Crippen molar-refractivity contribution in [2.24, 2.45) is 0 Å². The minimum atomic E-state index is -0.580. The lowest BCUT2D eigenvalue weighted by molar-refractivity contribution is -0.132. The van der Waals surface area contributed by atoms with Crippen LogP contribution in [0.5, 0.6) is 0 Å². The number of carbonyl (C=O) groups excluding carboxylic acids is 2. The predicted molar refractivity (Wildman–Crippen MR) is 159 cm³/mol. The van der Waals surface area contributed by atoms with Gasteiger partial charge in [0, 0.05) is 37.8 Å². The maximum atomic E-state index is 14.3. The molecule has 1 aliphatic rings. The first-order valence-electron chi connectivity index (χ1n) is 14.0. The molecule has 0 saturated carbocycles. The molecule has 2 amide bonds. The van der Waals surface area contributed by atoms with E-state index in [0.717, 1.165) is 22.6 Å². The molecule has 1 atom stereocenters. The van der Waals surface area contributed by atoms with E-state index in [1.807, 2.05) is 44.2 Å². The fraction of sp³-hybridized carbons (Fsp3) is 0.273. The Bertz CT molecular complexity index is 1470. The Balaban J connectivity index is 1.18. The van der Waals surface area contributed by atoms with Crippen LogP contribution in [0.1, 0.15) is 30.6 Å². The molecule has 8 heteroatoms. The van der Waals surface area contributed by atoms with E-state index in [4.69, 9.17) is 0 Å². The lowest BCUT2D eigenvalue weighted by Gasteiger charge is -2.37. The van der Waals surface area contributed by atoms with E-state index in [2.05, 4.69) is 51.5 Å². The van der Waals surface area contributed by atoms with Gasteiger partial charge in [-0.25, -0.2) is 4.39 Å². The van der Waals surface area contributed by atoms with E-state index >= 15 is 0 Å². The number of carbonyl (C=O) groups is 2.